The third-order valence-electron chi connectivity index (χ3n) is 7.88. The highest BCUT2D eigenvalue weighted by atomic mass is 16.6. The van der Waals surface area contributed by atoms with Crippen LogP contribution >= 0.6 is 0 Å². The van der Waals surface area contributed by atoms with E-state index in [1.807, 2.05) is 6.07 Å². The van der Waals surface area contributed by atoms with E-state index in [-0.39, 0.29) is 29.0 Å². The molecule has 0 unspecified atom stereocenters. The quantitative estimate of drug-likeness (QED) is 0.491. The van der Waals surface area contributed by atoms with E-state index in [9.17, 15) is 4.79 Å². The first-order valence-corrected chi connectivity index (χ1v) is 10.7. The third-order valence-corrected chi connectivity index (χ3v) is 7.88. The maximum Gasteiger partial charge on any atom is 0.310 e. The molecule has 0 radical (unpaired) electrons. The Kier molecular flexibility index (Phi) is 4.32. The van der Waals surface area contributed by atoms with E-state index in [0.29, 0.717) is 11.8 Å². The zero-order valence-electron chi connectivity index (χ0n) is 16.3. The van der Waals surface area contributed by atoms with Crippen LogP contribution in [0.3, 0.4) is 0 Å². The molecule has 4 nitrogen and oxygen atoms in total. The van der Waals surface area contributed by atoms with E-state index < -0.39 is 0 Å². The molecule has 4 aliphatic rings. The fourth-order valence-electron chi connectivity index (χ4n) is 6.33. The lowest BCUT2D eigenvalue weighted by molar-refractivity contribution is -0.147. The molecule has 4 fully saturated rings. The minimum absolute atomic E-state index is 0.00745. The summed E-state index contributed by atoms with van der Waals surface area (Å²) in [4.78, 5) is 12.6. The van der Waals surface area contributed by atoms with Crippen molar-refractivity contribution in [3.63, 3.8) is 0 Å². The Bertz CT molecular complexity index is 701. The third kappa shape index (κ3) is 3.11. The normalized spacial score (nSPS) is 42.5. The fourth-order valence-corrected chi connectivity index (χ4v) is 6.33. The van der Waals surface area contributed by atoms with Gasteiger partial charge in [-0.25, -0.2) is 0 Å². The summed E-state index contributed by atoms with van der Waals surface area (Å²) in [7, 11) is 0. The molecule has 1 aromatic carbocycles. The van der Waals surface area contributed by atoms with E-state index in [2.05, 4.69) is 36.5 Å². The molecule has 2 saturated heterocycles. The molecule has 27 heavy (non-hydrogen) atoms. The highest BCUT2D eigenvalue weighted by Gasteiger charge is 2.64. The van der Waals surface area contributed by atoms with Gasteiger partial charge in [0.05, 0.1) is 18.1 Å². The minimum Gasteiger partial charge on any atom is -0.462 e. The van der Waals surface area contributed by atoms with Crippen molar-refractivity contribution in [3.05, 3.63) is 35.9 Å². The zero-order chi connectivity index (χ0) is 18.5. The van der Waals surface area contributed by atoms with Crippen LogP contribution < -0.4 is 5.32 Å². The molecule has 4 heteroatoms. The van der Waals surface area contributed by atoms with E-state index >= 15 is 0 Å². The van der Waals surface area contributed by atoms with Crippen LogP contribution in [0.1, 0.15) is 44.6 Å². The van der Waals surface area contributed by atoms with Crippen molar-refractivity contribution in [2.75, 3.05) is 19.7 Å². The SMILES string of the molecule is C[C@]12CCC[C@]3(CO3)[C@H]1C[C@@H]1[C@@H](C2)OC(=O)[C@@H]1CNCCc1ccccc1. The second-order valence-electron chi connectivity index (χ2n) is 9.54. The molecule has 2 aliphatic carbocycles. The molecule has 1 N–H and O–H groups in total. The van der Waals surface area contributed by atoms with Crippen molar-refractivity contribution in [1.82, 2.24) is 5.32 Å². The van der Waals surface area contributed by atoms with Gasteiger partial charge >= 0.3 is 5.97 Å². The Labute approximate surface area is 162 Å². The molecule has 5 rings (SSSR count). The first-order valence-electron chi connectivity index (χ1n) is 10.7. The highest BCUT2D eigenvalue weighted by molar-refractivity contribution is 5.75. The van der Waals surface area contributed by atoms with Gasteiger partial charge in [0.25, 0.3) is 0 Å². The Balaban J connectivity index is 1.22. The van der Waals surface area contributed by atoms with Gasteiger partial charge in [0.2, 0.25) is 0 Å². The number of epoxide rings is 1. The number of hydrogen-bond acceptors (Lipinski definition) is 4. The average molecular weight is 370 g/mol. The van der Waals surface area contributed by atoms with Crippen molar-refractivity contribution in [3.8, 4) is 0 Å². The van der Waals surface area contributed by atoms with Gasteiger partial charge in [-0.3, -0.25) is 4.79 Å². The number of esters is 1. The predicted molar refractivity (Wildman–Crippen MR) is 103 cm³/mol. The molecule has 2 heterocycles. The Morgan fingerprint density at radius 1 is 1.22 bits per heavy atom. The number of carbonyl (C=O) groups is 1. The Morgan fingerprint density at radius 2 is 2.04 bits per heavy atom. The maximum atomic E-state index is 12.6. The van der Waals surface area contributed by atoms with Crippen molar-refractivity contribution >= 4 is 5.97 Å². The predicted octanol–water partition coefficient (Wildman–Crippen LogP) is 3.35. The smallest absolute Gasteiger partial charge is 0.310 e. The minimum atomic E-state index is 0.00745. The summed E-state index contributed by atoms with van der Waals surface area (Å²) in [5.74, 6) is 0.985. The molecule has 2 saturated carbocycles. The maximum absolute atomic E-state index is 12.6. The van der Waals surface area contributed by atoms with Gasteiger partial charge in [0, 0.05) is 12.5 Å². The number of rotatable bonds is 5. The van der Waals surface area contributed by atoms with Gasteiger partial charge in [-0.05, 0) is 62.0 Å². The first kappa shape index (κ1) is 17.7. The molecular weight excluding hydrogens is 338 g/mol. The molecular formula is C23H31NO3. The van der Waals surface area contributed by atoms with Crippen LogP contribution in [0.2, 0.25) is 0 Å². The summed E-state index contributed by atoms with van der Waals surface area (Å²) < 4.78 is 11.9. The summed E-state index contributed by atoms with van der Waals surface area (Å²) in [5, 5.41) is 3.53. The summed E-state index contributed by atoms with van der Waals surface area (Å²) in [6, 6.07) is 10.5. The van der Waals surface area contributed by atoms with Gasteiger partial charge in [-0.1, -0.05) is 37.3 Å². The number of ether oxygens (including phenoxy) is 2. The molecule has 2 aliphatic heterocycles. The monoisotopic (exact) mass is 369 g/mol. The largest absolute Gasteiger partial charge is 0.462 e. The number of nitrogens with one attached hydrogen (secondary N) is 1. The van der Waals surface area contributed by atoms with Gasteiger partial charge in [-0.15, -0.1) is 0 Å². The van der Waals surface area contributed by atoms with Crippen LogP contribution in [0.15, 0.2) is 30.3 Å². The molecule has 6 atom stereocenters. The lowest BCUT2D eigenvalue weighted by atomic mass is 9.53. The van der Waals surface area contributed by atoms with Crippen molar-refractivity contribution in [1.29, 1.82) is 0 Å². The summed E-state index contributed by atoms with van der Waals surface area (Å²) in [6.45, 7) is 4.98. The Hall–Kier alpha value is -1.39. The van der Waals surface area contributed by atoms with E-state index in [4.69, 9.17) is 9.47 Å². The van der Waals surface area contributed by atoms with E-state index in [1.54, 1.807) is 0 Å². The van der Waals surface area contributed by atoms with Crippen molar-refractivity contribution < 1.29 is 14.3 Å². The topological polar surface area (TPSA) is 50.9 Å². The standard InChI is InChI=1S/C23H31NO3/c1-22-9-5-10-23(15-26-23)20(22)12-17-18(21(25)27-19(17)13-22)14-24-11-8-16-6-3-2-4-7-16/h2-4,6-7,17-20,24H,5,8-15H2,1H3/t17-,18+,19+,20-,22+,23-/m0/s1. The van der Waals surface area contributed by atoms with Crippen LogP contribution in [0, 0.1) is 23.2 Å². The van der Waals surface area contributed by atoms with Crippen LogP contribution in [0.25, 0.3) is 0 Å². The number of fused-ring (bicyclic) bond motifs is 3. The van der Waals surface area contributed by atoms with Crippen LogP contribution in [-0.2, 0) is 20.7 Å². The zero-order valence-corrected chi connectivity index (χ0v) is 16.3. The Morgan fingerprint density at radius 3 is 2.81 bits per heavy atom. The summed E-state index contributed by atoms with van der Waals surface area (Å²) in [6.07, 6.45) is 6.95. The van der Waals surface area contributed by atoms with Crippen LogP contribution in [0.5, 0.6) is 0 Å². The molecule has 1 aromatic rings. The molecule has 0 bridgehead atoms. The number of hydrogen-bond donors (Lipinski definition) is 1. The van der Waals surface area contributed by atoms with Gasteiger partial charge < -0.3 is 14.8 Å². The van der Waals surface area contributed by atoms with E-state index in [0.717, 1.165) is 39.0 Å². The van der Waals surface area contributed by atoms with Crippen molar-refractivity contribution in [2.24, 2.45) is 23.2 Å². The molecule has 1 spiro atoms. The molecule has 0 amide bonds. The lowest BCUT2D eigenvalue weighted by Gasteiger charge is -2.51. The van der Waals surface area contributed by atoms with Gasteiger partial charge in [-0.2, -0.15) is 0 Å². The molecule has 0 aromatic heterocycles. The fraction of sp³-hybridized carbons (Fsp3) is 0.696. The first-order chi connectivity index (χ1) is 13.1. The second-order valence-corrected chi connectivity index (χ2v) is 9.54. The number of carbonyl (C=O) groups excluding carboxylic acids is 1. The van der Waals surface area contributed by atoms with Crippen molar-refractivity contribution in [2.45, 2.75) is 57.2 Å². The number of benzene rings is 1. The van der Waals surface area contributed by atoms with Gasteiger partial charge in [0.1, 0.15) is 6.10 Å². The molecule has 146 valence electrons. The highest BCUT2D eigenvalue weighted by Crippen LogP contribution is 2.62. The summed E-state index contributed by atoms with van der Waals surface area (Å²) >= 11 is 0. The van der Waals surface area contributed by atoms with Crippen LogP contribution in [0.4, 0.5) is 0 Å². The van der Waals surface area contributed by atoms with E-state index in [1.165, 1.54) is 24.8 Å². The average Bonchev–Trinajstić information content (AvgIpc) is 3.36. The van der Waals surface area contributed by atoms with Gasteiger partial charge in [0.15, 0.2) is 0 Å². The summed E-state index contributed by atoms with van der Waals surface area (Å²) in [5.41, 5.74) is 1.75. The second kappa shape index (κ2) is 6.59. The van der Waals surface area contributed by atoms with Crippen LogP contribution in [-0.4, -0.2) is 37.4 Å². The lowest BCUT2D eigenvalue weighted by Crippen LogP contribution is -2.51.